The summed E-state index contributed by atoms with van der Waals surface area (Å²) in [5.74, 6) is 0.890. The molecule has 0 radical (unpaired) electrons. The summed E-state index contributed by atoms with van der Waals surface area (Å²) in [5, 5.41) is 3.49. The Labute approximate surface area is 125 Å². The number of rotatable bonds is 7. The second kappa shape index (κ2) is 7.11. The van der Waals surface area contributed by atoms with Crippen molar-refractivity contribution in [3.8, 4) is 5.75 Å². The fourth-order valence-corrected chi connectivity index (χ4v) is 2.28. The van der Waals surface area contributed by atoms with Crippen LogP contribution in [0, 0.1) is 5.41 Å². The highest BCUT2D eigenvalue weighted by atomic mass is 79.9. The van der Waals surface area contributed by atoms with Gasteiger partial charge in [0.05, 0.1) is 7.11 Å². The van der Waals surface area contributed by atoms with Gasteiger partial charge in [0, 0.05) is 22.5 Å². The lowest BCUT2D eigenvalue weighted by Gasteiger charge is -2.28. The fraction of sp³-hybridized carbons (Fsp3) is 0.500. The van der Waals surface area contributed by atoms with E-state index in [-0.39, 0.29) is 5.41 Å². The molecule has 0 bridgehead atoms. The Hall–Kier alpha value is -0.800. The molecule has 1 aromatic rings. The molecule has 0 saturated heterocycles. The monoisotopic (exact) mass is 325 g/mol. The van der Waals surface area contributed by atoms with Crippen LogP contribution < -0.4 is 10.1 Å². The van der Waals surface area contributed by atoms with Crippen molar-refractivity contribution in [2.75, 3.05) is 13.7 Å². The molecule has 1 N–H and O–H groups in total. The Kier molecular flexibility index (Phi) is 6.08. The van der Waals surface area contributed by atoms with Gasteiger partial charge >= 0.3 is 0 Å². The molecule has 2 nitrogen and oxygen atoms in total. The van der Waals surface area contributed by atoms with E-state index < -0.39 is 0 Å². The van der Waals surface area contributed by atoms with Crippen LogP contribution in [0.2, 0.25) is 0 Å². The van der Waals surface area contributed by atoms with Gasteiger partial charge in [-0.15, -0.1) is 6.58 Å². The molecule has 0 amide bonds. The third kappa shape index (κ3) is 5.00. The molecule has 0 aliphatic heterocycles. The predicted molar refractivity (Wildman–Crippen MR) is 85.8 cm³/mol. The minimum absolute atomic E-state index is 0.0269. The molecule has 106 valence electrons. The minimum Gasteiger partial charge on any atom is -0.497 e. The van der Waals surface area contributed by atoms with Crippen LogP contribution in [0.3, 0.4) is 0 Å². The van der Waals surface area contributed by atoms with Crippen molar-refractivity contribution in [1.82, 2.24) is 5.32 Å². The van der Waals surface area contributed by atoms with Crippen molar-refractivity contribution in [3.05, 3.63) is 40.9 Å². The van der Waals surface area contributed by atoms with Gasteiger partial charge in [-0.1, -0.05) is 42.8 Å². The molecule has 0 heterocycles. The Bertz CT molecular complexity index is 431. The molecule has 1 atom stereocenters. The molecule has 0 aliphatic carbocycles. The summed E-state index contributed by atoms with van der Waals surface area (Å²) >= 11 is 3.61. The number of benzene rings is 1. The summed E-state index contributed by atoms with van der Waals surface area (Å²) < 4.78 is 6.41. The van der Waals surface area contributed by atoms with E-state index in [1.807, 2.05) is 18.2 Å². The highest BCUT2D eigenvalue weighted by Gasteiger charge is 2.22. The van der Waals surface area contributed by atoms with Crippen molar-refractivity contribution in [2.24, 2.45) is 5.41 Å². The molecule has 3 heteroatoms. The standard InChI is InChI=1S/C16H24BrNO/c1-6-16(4,11-18-12(2)3)10-13-9-14(19-5)7-8-15(13)17/h6-9,12,18H,1,10-11H2,2-5H3. The summed E-state index contributed by atoms with van der Waals surface area (Å²) in [6.07, 6.45) is 2.96. The van der Waals surface area contributed by atoms with E-state index in [1.54, 1.807) is 7.11 Å². The Balaban J connectivity index is 2.87. The maximum absolute atomic E-state index is 5.29. The number of methoxy groups -OCH3 is 1. The quantitative estimate of drug-likeness (QED) is 0.759. The zero-order valence-corrected chi connectivity index (χ0v) is 13.9. The summed E-state index contributed by atoms with van der Waals surface area (Å²) in [5.41, 5.74) is 1.27. The number of nitrogens with one attached hydrogen (secondary N) is 1. The Morgan fingerprint density at radius 3 is 2.68 bits per heavy atom. The van der Waals surface area contributed by atoms with Gasteiger partial charge in [0.2, 0.25) is 0 Å². The Morgan fingerprint density at radius 1 is 1.47 bits per heavy atom. The molecular weight excluding hydrogens is 302 g/mol. The molecule has 1 rings (SSSR count). The van der Waals surface area contributed by atoms with E-state index in [9.17, 15) is 0 Å². The minimum atomic E-state index is 0.0269. The maximum Gasteiger partial charge on any atom is 0.119 e. The van der Waals surface area contributed by atoms with Gasteiger partial charge in [0.25, 0.3) is 0 Å². The Morgan fingerprint density at radius 2 is 2.16 bits per heavy atom. The van der Waals surface area contributed by atoms with Crippen LogP contribution in [0.5, 0.6) is 5.75 Å². The zero-order chi connectivity index (χ0) is 14.5. The van der Waals surface area contributed by atoms with Crippen LogP contribution in [0.25, 0.3) is 0 Å². The first kappa shape index (κ1) is 16.3. The van der Waals surface area contributed by atoms with Gasteiger partial charge in [0.15, 0.2) is 0 Å². The van der Waals surface area contributed by atoms with Gasteiger partial charge in [-0.2, -0.15) is 0 Å². The number of ether oxygens (including phenoxy) is 1. The van der Waals surface area contributed by atoms with Crippen LogP contribution in [0.4, 0.5) is 0 Å². The van der Waals surface area contributed by atoms with Gasteiger partial charge in [-0.25, -0.2) is 0 Å². The van der Waals surface area contributed by atoms with Gasteiger partial charge < -0.3 is 10.1 Å². The average Bonchev–Trinajstić information content (AvgIpc) is 2.39. The van der Waals surface area contributed by atoms with Crippen molar-refractivity contribution in [2.45, 2.75) is 33.2 Å². The van der Waals surface area contributed by atoms with Crippen molar-refractivity contribution >= 4 is 15.9 Å². The zero-order valence-electron chi connectivity index (χ0n) is 12.3. The summed E-state index contributed by atoms with van der Waals surface area (Å²) in [6.45, 7) is 11.4. The third-order valence-corrected chi connectivity index (χ3v) is 4.03. The average molecular weight is 326 g/mol. The molecule has 1 unspecified atom stereocenters. The van der Waals surface area contributed by atoms with E-state index in [2.05, 4.69) is 54.7 Å². The van der Waals surface area contributed by atoms with Gasteiger partial charge in [-0.05, 0) is 30.2 Å². The molecule has 0 aromatic heterocycles. The number of hydrogen-bond acceptors (Lipinski definition) is 2. The first-order valence-corrected chi connectivity index (χ1v) is 7.39. The second-order valence-corrected chi connectivity index (χ2v) is 6.38. The van der Waals surface area contributed by atoms with Crippen LogP contribution in [-0.2, 0) is 6.42 Å². The fourth-order valence-electron chi connectivity index (χ4n) is 1.89. The normalized spacial score (nSPS) is 14.2. The molecule has 0 aliphatic rings. The number of halogens is 1. The second-order valence-electron chi connectivity index (χ2n) is 5.53. The van der Waals surface area contributed by atoms with Crippen LogP contribution in [-0.4, -0.2) is 19.7 Å². The lowest BCUT2D eigenvalue weighted by molar-refractivity contribution is 0.371. The van der Waals surface area contributed by atoms with Crippen molar-refractivity contribution < 1.29 is 4.74 Å². The smallest absolute Gasteiger partial charge is 0.119 e. The van der Waals surface area contributed by atoms with Crippen LogP contribution in [0.15, 0.2) is 35.3 Å². The highest BCUT2D eigenvalue weighted by Crippen LogP contribution is 2.30. The lowest BCUT2D eigenvalue weighted by Crippen LogP contribution is -2.35. The van der Waals surface area contributed by atoms with Crippen molar-refractivity contribution in [1.29, 1.82) is 0 Å². The third-order valence-electron chi connectivity index (χ3n) is 3.25. The highest BCUT2D eigenvalue weighted by molar-refractivity contribution is 9.10. The van der Waals surface area contributed by atoms with Crippen molar-refractivity contribution in [3.63, 3.8) is 0 Å². The van der Waals surface area contributed by atoms with E-state index in [0.29, 0.717) is 6.04 Å². The topological polar surface area (TPSA) is 21.3 Å². The van der Waals surface area contributed by atoms with Gasteiger partial charge in [0.1, 0.15) is 5.75 Å². The molecule has 0 saturated carbocycles. The molecular formula is C16H24BrNO. The SMILES string of the molecule is C=CC(C)(CNC(C)C)Cc1cc(OC)ccc1Br. The molecule has 0 fully saturated rings. The maximum atomic E-state index is 5.29. The summed E-state index contributed by atoms with van der Waals surface area (Å²) in [4.78, 5) is 0. The van der Waals surface area contributed by atoms with E-state index in [4.69, 9.17) is 4.74 Å². The van der Waals surface area contributed by atoms with E-state index in [0.717, 1.165) is 23.2 Å². The van der Waals surface area contributed by atoms with E-state index in [1.165, 1.54) is 5.56 Å². The van der Waals surface area contributed by atoms with Crippen LogP contribution >= 0.6 is 15.9 Å². The molecule has 19 heavy (non-hydrogen) atoms. The lowest BCUT2D eigenvalue weighted by atomic mass is 9.83. The summed E-state index contributed by atoms with van der Waals surface area (Å²) in [6, 6.07) is 6.56. The molecule has 0 spiro atoms. The van der Waals surface area contributed by atoms with Gasteiger partial charge in [-0.3, -0.25) is 0 Å². The van der Waals surface area contributed by atoms with Crippen LogP contribution in [0.1, 0.15) is 26.3 Å². The predicted octanol–water partition coefficient (Wildman–Crippen LogP) is 4.19. The molecule has 1 aromatic carbocycles. The van der Waals surface area contributed by atoms with E-state index >= 15 is 0 Å². The summed E-state index contributed by atoms with van der Waals surface area (Å²) in [7, 11) is 1.69. The number of hydrogen-bond donors (Lipinski definition) is 1. The largest absolute Gasteiger partial charge is 0.497 e. The first-order chi connectivity index (χ1) is 8.90. The first-order valence-electron chi connectivity index (χ1n) is 6.59.